The predicted molar refractivity (Wildman–Crippen MR) is 148 cm³/mol. The molecule has 3 aliphatic rings. The summed E-state index contributed by atoms with van der Waals surface area (Å²) in [5.41, 5.74) is 1.78. The van der Waals surface area contributed by atoms with Crippen LogP contribution in [0.5, 0.6) is 0 Å². The fraction of sp³-hybridized carbons (Fsp3) is 0.448. The van der Waals surface area contributed by atoms with Crippen molar-refractivity contribution in [3.8, 4) is 5.69 Å². The van der Waals surface area contributed by atoms with Gasteiger partial charge in [0.2, 0.25) is 5.91 Å². The van der Waals surface area contributed by atoms with Crippen LogP contribution in [0.15, 0.2) is 53.7 Å². The zero-order valence-electron chi connectivity index (χ0n) is 22.1. The molecule has 0 spiro atoms. The van der Waals surface area contributed by atoms with E-state index >= 15 is 0 Å². The number of hydrogen-bond donors (Lipinski definition) is 1. The minimum absolute atomic E-state index is 0.0304. The first-order valence-electron chi connectivity index (χ1n) is 13.9. The Morgan fingerprint density at radius 2 is 1.80 bits per heavy atom. The molecular weight excluding hydrogens is 528 g/mol. The van der Waals surface area contributed by atoms with Crippen molar-refractivity contribution in [1.29, 1.82) is 0 Å². The molecule has 4 heterocycles. The van der Waals surface area contributed by atoms with E-state index in [-0.39, 0.29) is 36.1 Å². The number of likely N-dealkylation sites (tertiary alicyclic amines) is 2. The van der Waals surface area contributed by atoms with Gasteiger partial charge in [-0.1, -0.05) is 32.1 Å². The van der Waals surface area contributed by atoms with Gasteiger partial charge in [0.15, 0.2) is 5.78 Å². The molecule has 1 aromatic carbocycles. The lowest BCUT2D eigenvalue weighted by molar-refractivity contribution is -0.138. The van der Waals surface area contributed by atoms with Crippen LogP contribution < -0.4 is 5.32 Å². The summed E-state index contributed by atoms with van der Waals surface area (Å²) in [4.78, 5) is 60.8. The Balaban J connectivity index is 1.17. The number of nitrogens with zero attached hydrogens (tertiary/aromatic N) is 5. The number of rotatable bonds is 7. The number of amides is 3. The Morgan fingerprint density at radius 1 is 1.00 bits per heavy atom. The second-order valence-corrected chi connectivity index (χ2v) is 11.7. The molecule has 3 atom stereocenters. The lowest BCUT2D eigenvalue weighted by atomic mass is 9.84. The first kappa shape index (κ1) is 26.4. The largest absolute Gasteiger partial charge is 0.340 e. The molecule has 3 fully saturated rings. The molecule has 1 saturated carbocycles. The van der Waals surface area contributed by atoms with Crippen LogP contribution in [0.25, 0.3) is 5.69 Å². The van der Waals surface area contributed by atoms with Gasteiger partial charge >= 0.3 is 0 Å². The van der Waals surface area contributed by atoms with Crippen LogP contribution in [-0.4, -0.2) is 79.3 Å². The maximum Gasteiger partial charge on any atom is 0.254 e. The molecule has 3 aromatic rings. The van der Waals surface area contributed by atoms with E-state index in [0.29, 0.717) is 36.4 Å². The van der Waals surface area contributed by atoms with Gasteiger partial charge in [-0.05, 0) is 54.5 Å². The molecule has 10 nitrogen and oxygen atoms in total. The number of benzene rings is 1. The van der Waals surface area contributed by atoms with Crippen LogP contribution in [0.4, 0.5) is 0 Å². The summed E-state index contributed by atoms with van der Waals surface area (Å²) in [7, 11) is 0. The highest BCUT2D eigenvalue weighted by atomic mass is 32.1. The number of aromatic nitrogens is 3. The molecule has 6 rings (SSSR count). The van der Waals surface area contributed by atoms with Crippen LogP contribution in [0.3, 0.4) is 0 Å². The van der Waals surface area contributed by atoms with Crippen molar-refractivity contribution in [1.82, 2.24) is 29.9 Å². The van der Waals surface area contributed by atoms with Crippen molar-refractivity contribution in [2.75, 3.05) is 13.1 Å². The third-order valence-electron chi connectivity index (χ3n) is 8.44. The highest BCUT2D eigenvalue weighted by Gasteiger charge is 2.52. The van der Waals surface area contributed by atoms with Crippen molar-refractivity contribution in [2.24, 2.45) is 5.92 Å². The first-order chi connectivity index (χ1) is 19.5. The maximum atomic E-state index is 14.0. The quantitative estimate of drug-likeness (QED) is 0.475. The molecule has 0 unspecified atom stereocenters. The van der Waals surface area contributed by atoms with Crippen molar-refractivity contribution in [2.45, 2.75) is 63.1 Å². The van der Waals surface area contributed by atoms with Gasteiger partial charge in [-0.2, -0.15) is 16.4 Å². The second-order valence-electron chi connectivity index (χ2n) is 10.9. The Morgan fingerprint density at radius 3 is 2.50 bits per heavy atom. The summed E-state index contributed by atoms with van der Waals surface area (Å²) in [6.45, 7) is 0.349. The Hall–Kier alpha value is -3.86. The summed E-state index contributed by atoms with van der Waals surface area (Å²) in [6.07, 6.45) is 9.67. The third kappa shape index (κ3) is 5.17. The van der Waals surface area contributed by atoms with E-state index in [1.807, 2.05) is 5.38 Å². The molecule has 0 bridgehead atoms. The molecule has 1 N–H and O–H groups in total. The fourth-order valence-corrected chi connectivity index (χ4v) is 7.05. The summed E-state index contributed by atoms with van der Waals surface area (Å²) >= 11 is 1.43. The van der Waals surface area contributed by atoms with Crippen LogP contribution in [-0.2, 0) is 9.59 Å². The first-order valence-corrected chi connectivity index (χ1v) is 14.9. The Bertz CT molecular complexity index is 1370. The van der Waals surface area contributed by atoms with E-state index < -0.39 is 12.1 Å². The van der Waals surface area contributed by atoms with Gasteiger partial charge in [-0.3, -0.25) is 19.2 Å². The Labute approximate surface area is 236 Å². The van der Waals surface area contributed by atoms with Crippen LogP contribution in [0.2, 0.25) is 0 Å². The van der Waals surface area contributed by atoms with Gasteiger partial charge in [0.05, 0.1) is 23.8 Å². The number of nitrogens with one attached hydrogen (secondary N) is 1. The summed E-state index contributed by atoms with van der Waals surface area (Å²) in [6, 6.07) is 7.00. The second kappa shape index (κ2) is 11.3. The van der Waals surface area contributed by atoms with Crippen molar-refractivity contribution in [3.63, 3.8) is 0 Å². The standard InChI is InChI=1S/C29H32N6O4S/c36-25-15-34(28(38)20-6-8-22(9-7-20)35-18-30-17-31-35)24-10-12-33(26(24)25)29(39)23(14-19-4-2-1-3-5-19)32-27(37)21-11-13-40-16-21/h6-9,11,13,16-19,23-24,26H,1-5,10,12,14-15H2,(H,32,37)/t23-,24+,26-/m0/s1. The number of hydrogen-bond acceptors (Lipinski definition) is 7. The lowest BCUT2D eigenvalue weighted by Gasteiger charge is -2.31. The third-order valence-corrected chi connectivity index (χ3v) is 9.13. The highest BCUT2D eigenvalue weighted by Crippen LogP contribution is 2.33. The molecule has 208 valence electrons. The van der Waals surface area contributed by atoms with E-state index in [9.17, 15) is 19.2 Å². The topological polar surface area (TPSA) is 118 Å². The van der Waals surface area contributed by atoms with Gasteiger partial charge in [0.25, 0.3) is 11.8 Å². The van der Waals surface area contributed by atoms with Crippen LogP contribution in [0, 0.1) is 5.92 Å². The molecule has 0 radical (unpaired) electrons. The van der Waals surface area contributed by atoms with Gasteiger partial charge < -0.3 is 15.1 Å². The van der Waals surface area contributed by atoms with E-state index in [2.05, 4.69) is 15.4 Å². The smallest absolute Gasteiger partial charge is 0.254 e. The fourth-order valence-electron chi connectivity index (χ4n) is 6.42. The van der Waals surface area contributed by atoms with Gasteiger partial charge in [-0.15, -0.1) is 0 Å². The average molecular weight is 561 g/mol. The molecule has 3 amide bonds. The molecule has 1 aliphatic carbocycles. The highest BCUT2D eigenvalue weighted by molar-refractivity contribution is 7.08. The number of ketones is 1. The minimum atomic E-state index is -0.698. The summed E-state index contributed by atoms with van der Waals surface area (Å²) < 4.78 is 1.60. The van der Waals surface area contributed by atoms with E-state index in [1.54, 1.807) is 56.5 Å². The lowest BCUT2D eigenvalue weighted by Crippen LogP contribution is -2.53. The zero-order chi connectivity index (χ0) is 27.6. The van der Waals surface area contributed by atoms with Crippen molar-refractivity contribution < 1.29 is 19.2 Å². The van der Waals surface area contributed by atoms with E-state index in [4.69, 9.17) is 0 Å². The number of Topliss-reactive ketones (excluding diaryl/α,β-unsaturated/α-hetero) is 1. The van der Waals surface area contributed by atoms with Gasteiger partial charge in [-0.25, -0.2) is 9.67 Å². The molecule has 40 heavy (non-hydrogen) atoms. The predicted octanol–water partition coefficient (Wildman–Crippen LogP) is 3.09. The zero-order valence-corrected chi connectivity index (χ0v) is 23.0. The van der Waals surface area contributed by atoms with E-state index in [1.165, 1.54) is 24.1 Å². The van der Waals surface area contributed by atoms with Crippen molar-refractivity contribution in [3.05, 3.63) is 64.9 Å². The number of fused-ring (bicyclic) bond motifs is 1. The van der Waals surface area contributed by atoms with E-state index in [0.717, 1.165) is 31.4 Å². The number of carbonyl (C=O) groups is 4. The van der Waals surface area contributed by atoms with Crippen molar-refractivity contribution >= 4 is 34.8 Å². The van der Waals surface area contributed by atoms with Crippen LogP contribution >= 0.6 is 11.3 Å². The monoisotopic (exact) mass is 560 g/mol. The SMILES string of the molecule is O=C(N[C@@H](CC1CCCCC1)C(=O)N1CC[C@@H]2[C@H]1C(=O)CN2C(=O)c1ccc(-n2cncn2)cc1)c1ccsc1. The van der Waals surface area contributed by atoms with Crippen LogP contribution in [0.1, 0.15) is 65.7 Å². The average Bonchev–Trinajstić information content (AvgIpc) is 3.79. The Kier molecular flexibility index (Phi) is 7.46. The minimum Gasteiger partial charge on any atom is -0.340 e. The maximum absolute atomic E-state index is 14.0. The summed E-state index contributed by atoms with van der Waals surface area (Å²) in [5, 5.41) is 10.7. The molecule has 2 saturated heterocycles. The number of carbonyl (C=O) groups excluding carboxylic acids is 4. The number of thiophene rings is 1. The molecular formula is C29H32N6O4S. The molecule has 2 aliphatic heterocycles. The summed E-state index contributed by atoms with van der Waals surface area (Å²) in [5.74, 6) is -0.493. The van der Waals surface area contributed by atoms with Gasteiger partial charge in [0.1, 0.15) is 24.7 Å². The molecule has 2 aromatic heterocycles. The molecule has 11 heteroatoms. The normalized spacial score (nSPS) is 21.9. The van der Waals surface area contributed by atoms with Gasteiger partial charge in [0, 0.05) is 17.5 Å².